The number of aliphatic imine (C=N–C) groups is 1. The lowest BCUT2D eigenvalue weighted by atomic mass is 10.1. The summed E-state index contributed by atoms with van der Waals surface area (Å²) in [6, 6.07) is 15.7. The van der Waals surface area contributed by atoms with Crippen LogP contribution in [0.5, 0.6) is 0 Å². The zero-order valence-electron chi connectivity index (χ0n) is 21.4. The van der Waals surface area contributed by atoms with Gasteiger partial charge in [-0.1, -0.05) is 24.3 Å². The highest BCUT2D eigenvalue weighted by atomic mass is 32.1. The van der Waals surface area contributed by atoms with Crippen LogP contribution in [0.4, 0.5) is 10.2 Å². The van der Waals surface area contributed by atoms with Crippen LogP contribution in [0.1, 0.15) is 30.3 Å². The normalized spacial score (nSPS) is 13.4. The van der Waals surface area contributed by atoms with Crippen LogP contribution in [-0.2, 0) is 6.54 Å². The van der Waals surface area contributed by atoms with Gasteiger partial charge < -0.3 is 11.1 Å². The molecule has 10 heteroatoms. The Morgan fingerprint density at radius 1 is 1.18 bits per heavy atom. The van der Waals surface area contributed by atoms with Crippen LogP contribution in [-0.4, -0.2) is 26.2 Å². The molecule has 5 rings (SSSR count). The summed E-state index contributed by atoms with van der Waals surface area (Å²) in [5, 5.41) is 4.90. The molecule has 0 aliphatic heterocycles. The van der Waals surface area contributed by atoms with E-state index in [0.29, 0.717) is 28.8 Å². The van der Waals surface area contributed by atoms with Crippen LogP contribution < -0.4 is 27.2 Å². The molecule has 1 atom stereocenters. The monoisotopic (exact) mass is 539 g/mol. The molecule has 3 N–H and O–H groups in total. The number of anilines is 1. The summed E-state index contributed by atoms with van der Waals surface area (Å²) in [5.41, 5.74) is 8.36. The van der Waals surface area contributed by atoms with E-state index in [9.17, 15) is 9.18 Å². The second-order valence-electron chi connectivity index (χ2n) is 8.85. The molecule has 2 aromatic carbocycles. The lowest BCUT2D eigenvalue weighted by Gasteiger charge is -2.15. The van der Waals surface area contributed by atoms with Crippen molar-refractivity contribution in [3.63, 3.8) is 0 Å². The summed E-state index contributed by atoms with van der Waals surface area (Å²) in [5.74, 6) is 0.446. The Morgan fingerprint density at radius 3 is 2.72 bits per heavy atom. The van der Waals surface area contributed by atoms with Gasteiger partial charge in [0.25, 0.3) is 5.56 Å². The molecule has 8 nitrogen and oxygen atoms in total. The van der Waals surface area contributed by atoms with Crippen LogP contribution in [0.15, 0.2) is 77.0 Å². The molecule has 3 aromatic heterocycles. The Hall–Kier alpha value is -4.70. The molecule has 196 valence electrons. The average Bonchev–Trinajstić information content (AvgIpc) is 3.43. The third-order valence-electron chi connectivity index (χ3n) is 6.51. The van der Waals surface area contributed by atoms with Gasteiger partial charge in [-0.05, 0) is 68.1 Å². The first-order chi connectivity index (χ1) is 18.9. The van der Waals surface area contributed by atoms with Gasteiger partial charge in [0.2, 0.25) is 0 Å². The predicted molar refractivity (Wildman–Crippen MR) is 155 cm³/mol. The number of fused-ring (bicyclic) bond motifs is 1. The molecule has 5 aromatic rings. The van der Waals surface area contributed by atoms with Gasteiger partial charge in [0.1, 0.15) is 29.0 Å². The average molecular weight is 540 g/mol. The molecule has 3 heterocycles. The van der Waals surface area contributed by atoms with Crippen molar-refractivity contribution in [2.24, 2.45) is 4.99 Å². The fraction of sp³-hybridized carbons (Fsp3) is 0.138. The second kappa shape index (κ2) is 11.0. The van der Waals surface area contributed by atoms with Crippen molar-refractivity contribution in [3.8, 4) is 10.4 Å². The summed E-state index contributed by atoms with van der Waals surface area (Å²) in [4.78, 5) is 32.7. The topological polar surface area (TPSA) is 111 Å². The SMILES string of the molecule is C=N/C(NCc1ccc(-c2ccc3ncnc(N)c3c2)s1)=c1/c(=O)n([C@@H](C)c2ccc(F)cc2)cn/c1=C/C. The maximum atomic E-state index is 13.6. The summed E-state index contributed by atoms with van der Waals surface area (Å²) in [6.45, 7) is 7.81. The molecule has 0 unspecified atom stereocenters. The van der Waals surface area contributed by atoms with E-state index in [2.05, 4.69) is 32.0 Å². The van der Waals surface area contributed by atoms with Gasteiger partial charge in [-0.2, -0.15) is 0 Å². The van der Waals surface area contributed by atoms with Gasteiger partial charge in [0.15, 0.2) is 0 Å². The largest absolute Gasteiger partial charge is 0.383 e. The minimum atomic E-state index is -0.359. The van der Waals surface area contributed by atoms with Crippen LogP contribution >= 0.6 is 11.3 Å². The molecule has 0 saturated carbocycles. The van der Waals surface area contributed by atoms with Crippen molar-refractivity contribution >= 4 is 46.7 Å². The van der Waals surface area contributed by atoms with Crippen molar-refractivity contribution in [2.45, 2.75) is 26.4 Å². The Balaban J connectivity index is 1.46. The molecule has 0 bridgehead atoms. The summed E-state index contributed by atoms with van der Waals surface area (Å²) in [7, 11) is 0. The van der Waals surface area contributed by atoms with E-state index in [1.165, 1.54) is 29.4 Å². The highest BCUT2D eigenvalue weighted by molar-refractivity contribution is 7.15. The van der Waals surface area contributed by atoms with E-state index < -0.39 is 0 Å². The van der Waals surface area contributed by atoms with Gasteiger partial charge in [0, 0.05) is 15.1 Å². The molecule has 0 fully saturated rings. The van der Waals surface area contributed by atoms with Gasteiger partial charge >= 0.3 is 0 Å². The quantitative estimate of drug-likeness (QED) is 0.306. The van der Waals surface area contributed by atoms with Crippen molar-refractivity contribution in [3.05, 3.63) is 104 Å². The maximum Gasteiger partial charge on any atom is 0.265 e. The van der Waals surface area contributed by atoms with Gasteiger partial charge in [-0.15, -0.1) is 11.3 Å². The lowest BCUT2D eigenvalue weighted by Crippen LogP contribution is -2.50. The number of benzene rings is 2. The minimum absolute atomic E-state index is 0.271. The first kappa shape index (κ1) is 25.9. The van der Waals surface area contributed by atoms with E-state index in [0.717, 1.165) is 31.8 Å². The fourth-order valence-corrected chi connectivity index (χ4v) is 5.30. The van der Waals surface area contributed by atoms with Crippen molar-refractivity contribution in [1.82, 2.24) is 24.8 Å². The Bertz CT molecular complexity index is 1860. The molecular formula is C29H26FN7OS. The fourth-order valence-electron chi connectivity index (χ4n) is 4.35. The predicted octanol–water partition coefficient (Wildman–Crippen LogP) is 3.60. The number of nitrogens with one attached hydrogen (secondary N) is 1. The molecular weight excluding hydrogens is 513 g/mol. The summed E-state index contributed by atoms with van der Waals surface area (Å²) >= 11 is 1.61. The van der Waals surface area contributed by atoms with Crippen LogP contribution in [0, 0.1) is 5.82 Å². The van der Waals surface area contributed by atoms with Crippen molar-refractivity contribution in [2.75, 3.05) is 5.73 Å². The molecule has 0 amide bonds. The Kier molecular flexibility index (Phi) is 7.29. The number of nitrogens with zero attached hydrogens (tertiary/aromatic N) is 5. The Morgan fingerprint density at radius 2 is 1.97 bits per heavy atom. The standard InChI is InChI=1S/C29H26FN7OS/c1-4-23-26(29(38)37(16-36-23)17(2)18-5-8-20(30)9-6-18)28(32-3)33-14-21-10-12-25(39-21)19-7-11-24-22(13-19)27(31)35-15-34-24/h4-13,15-17,33H,3,14H2,1-2H3,(H2,31,34,35)/b23-4+,28-26-/t17-/m0/s1. The number of nitrogens with two attached hydrogens (primary N) is 1. The molecule has 0 spiro atoms. The first-order valence-corrected chi connectivity index (χ1v) is 13.0. The van der Waals surface area contributed by atoms with Gasteiger partial charge in [-0.25, -0.2) is 24.3 Å². The molecule has 0 aliphatic rings. The van der Waals surface area contributed by atoms with Crippen molar-refractivity contribution in [1.29, 1.82) is 0 Å². The zero-order chi connectivity index (χ0) is 27.5. The van der Waals surface area contributed by atoms with Gasteiger partial charge in [0.05, 0.1) is 29.8 Å². The lowest BCUT2D eigenvalue weighted by molar-refractivity contribution is 0.588. The molecule has 0 saturated heterocycles. The number of aromatic nitrogens is 4. The highest BCUT2D eigenvalue weighted by Crippen LogP contribution is 2.31. The van der Waals surface area contributed by atoms with E-state index in [1.807, 2.05) is 44.2 Å². The Labute approximate surface area is 227 Å². The van der Waals surface area contributed by atoms with E-state index in [4.69, 9.17) is 5.73 Å². The smallest absolute Gasteiger partial charge is 0.265 e. The number of thiophene rings is 1. The third-order valence-corrected chi connectivity index (χ3v) is 7.64. The molecule has 39 heavy (non-hydrogen) atoms. The number of nitrogen functional groups attached to an aromatic ring is 1. The number of hydrogen-bond donors (Lipinski definition) is 2. The third kappa shape index (κ3) is 5.19. The number of halogens is 1. The van der Waals surface area contributed by atoms with E-state index in [-0.39, 0.29) is 17.4 Å². The number of hydrogen-bond acceptors (Lipinski definition) is 8. The minimum Gasteiger partial charge on any atom is -0.383 e. The second-order valence-corrected chi connectivity index (χ2v) is 10.0. The zero-order valence-corrected chi connectivity index (χ0v) is 22.2. The summed E-state index contributed by atoms with van der Waals surface area (Å²) < 4.78 is 14.9. The van der Waals surface area contributed by atoms with E-state index in [1.54, 1.807) is 29.5 Å². The van der Waals surface area contributed by atoms with Crippen LogP contribution in [0.2, 0.25) is 0 Å². The number of rotatable bonds is 7. The highest BCUT2D eigenvalue weighted by Gasteiger charge is 2.14. The van der Waals surface area contributed by atoms with Crippen LogP contribution in [0.3, 0.4) is 0 Å². The molecule has 0 radical (unpaired) electrons. The van der Waals surface area contributed by atoms with Crippen LogP contribution in [0.25, 0.3) is 33.2 Å². The molecule has 0 aliphatic carbocycles. The van der Waals surface area contributed by atoms with E-state index >= 15 is 0 Å². The van der Waals surface area contributed by atoms with Crippen molar-refractivity contribution < 1.29 is 4.39 Å². The first-order valence-electron chi connectivity index (χ1n) is 12.2. The van der Waals surface area contributed by atoms with Gasteiger partial charge in [-0.3, -0.25) is 9.36 Å². The maximum absolute atomic E-state index is 13.6. The summed E-state index contributed by atoms with van der Waals surface area (Å²) in [6.07, 6.45) is 4.72.